The Morgan fingerprint density at radius 1 is 0.963 bits per heavy atom. The van der Waals surface area contributed by atoms with Gasteiger partial charge < -0.3 is 18.9 Å². The van der Waals surface area contributed by atoms with Crippen LogP contribution < -0.4 is 14.2 Å². The topological polar surface area (TPSA) is 71.1 Å². The first-order valence-electron chi connectivity index (χ1n) is 7.96. The first-order chi connectivity index (χ1) is 12.9. The molecular weight excluding hydrogens is 395 g/mol. The normalized spacial score (nSPS) is 10.2. The zero-order chi connectivity index (χ0) is 19.8. The number of halogens is 2. The molecule has 0 aliphatic rings. The summed E-state index contributed by atoms with van der Waals surface area (Å²) in [6.07, 6.45) is 0. The number of methoxy groups -OCH3 is 1. The van der Waals surface area contributed by atoms with Crippen molar-refractivity contribution in [2.24, 2.45) is 0 Å². The van der Waals surface area contributed by atoms with Gasteiger partial charge in [-0.05, 0) is 37.3 Å². The highest BCUT2D eigenvalue weighted by Gasteiger charge is 2.12. The molecule has 0 atom stereocenters. The summed E-state index contributed by atoms with van der Waals surface area (Å²) in [5.41, 5.74) is 0.483. The fourth-order valence-electron chi connectivity index (χ4n) is 2.10. The molecule has 0 saturated carbocycles. The van der Waals surface area contributed by atoms with Gasteiger partial charge in [0.2, 0.25) is 0 Å². The van der Waals surface area contributed by atoms with Crippen molar-refractivity contribution < 1.29 is 28.5 Å². The summed E-state index contributed by atoms with van der Waals surface area (Å²) in [4.78, 5) is 23.2. The standard InChI is InChI=1S/C19H18Cl2O6/c1-12(22)13-6-7-16(17(10-13)24-2)27-11-18(23)25-8-9-26-19-14(20)4-3-5-15(19)21/h3-7,10H,8-9,11H2,1-2H3. The van der Waals surface area contributed by atoms with E-state index >= 15 is 0 Å². The average molecular weight is 413 g/mol. The molecule has 0 bridgehead atoms. The van der Waals surface area contributed by atoms with Crippen molar-refractivity contribution in [2.45, 2.75) is 6.92 Å². The molecule has 0 aromatic heterocycles. The summed E-state index contributed by atoms with van der Waals surface area (Å²) in [6, 6.07) is 9.69. The number of esters is 1. The smallest absolute Gasteiger partial charge is 0.344 e. The maximum Gasteiger partial charge on any atom is 0.344 e. The molecule has 0 aliphatic heterocycles. The lowest BCUT2D eigenvalue weighted by molar-refractivity contribution is -0.146. The Morgan fingerprint density at radius 2 is 1.67 bits per heavy atom. The van der Waals surface area contributed by atoms with Crippen LogP contribution in [0.25, 0.3) is 0 Å². The maximum atomic E-state index is 11.8. The molecule has 0 fully saturated rings. The largest absolute Gasteiger partial charge is 0.493 e. The van der Waals surface area contributed by atoms with Crippen LogP contribution in [0, 0.1) is 0 Å². The summed E-state index contributed by atoms with van der Waals surface area (Å²) >= 11 is 12.0. The Hall–Kier alpha value is -2.44. The molecule has 0 N–H and O–H groups in total. The molecule has 0 spiro atoms. The van der Waals surface area contributed by atoms with Crippen LogP contribution in [-0.2, 0) is 9.53 Å². The van der Waals surface area contributed by atoms with Gasteiger partial charge in [-0.1, -0.05) is 29.3 Å². The Morgan fingerprint density at radius 3 is 2.30 bits per heavy atom. The maximum absolute atomic E-state index is 11.8. The third-order valence-electron chi connectivity index (χ3n) is 3.43. The molecule has 2 aromatic rings. The second kappa shape index (κ2) is 10.0. The molecule has 27 heavy (non-hydrogen) atoms. The third kappa shape index (κ3) is 6.05. The zero-order valence-electron chi connectivity index (χ0n) is 14.8. The van der Waals surface area contributed by atoms with Gasteiger partial charge in [-0.25, -0.2) is 4.79 Å². The van der Waals surface area contributed by atoms with Gasteiger partial charge in [0, 0.05) is 5.56 Å². The van der Waals surface area contributed by atoms with Gasteiger partial charge in [0.05, 0.1) is 17.2 Å². The molecule has 0 radical (unpaired) electrons. The van der Waals surface area contributed by atoms with Gasteiger partial charge in [-0.2, -0.15) is 0 Å². The summed E-state index contributed by atoms with van der Waals surface area (Å²) in [7, 11) is 1.45. The summed E-state index contributed by atoms with van der Waals surface area (Å²) in [5, 5.41) is 0.747. The van der Waals surface area contributed by atoms with E-state index in [1.165, 1.54) is 14.0 Å². The van der Waals surface area contributed by atoms with E-state index in [0.29, 0.717) is 32.9 Å². The van der Waals surface area contributed by atoms with Crippen LogP contribution >= 0.6 is 23.2 Å². The fraction of sp³-hybridized carbons (Fsp3) is 0.263. The molecule has 2 rings (SSSR count). The van der Waals surface area contributed by atoms with Crippen LogP contribution in [0.3, 0.4) is 0 Å². The van der Waals surface area contributed by atoms with Crippen molar-refractivity contribution in [3.63, 3.8) is 0 Å². The highest BCUT2D eigenvalue weighted by Crippen LogP contribution is 2.32. The van der Waals surface area contributed by atoms with Crippen molar-refractivity contribution in [1.82, 2.24) is 0 Å². The number of Topliss-reactive ketones (excluding diaryl/α,β-unsaturated/α-hetero) is 1. The van der Waals surface area contributed by atoms with E-state index in [0.717, 1.165) is 0 Å². The average Bonchev–Trinajstić information content (AvgIpc) is 2.65. The molecule has 0 amide bonds. The van der Waals surface area contributed by atoms with Crippen LogP contribution in [0.1, 0.15) is 17.3 Å². The number of rotatable bonds is 9. The number of carbonyl (C=O) groups excluding carboxylic acids is 2. The monoisotopic (exact) mass is 412 g/mol. The van der Waals surface area contributed by atoms with Crippen molar-refractivity contribution in [3.05, 3.63) is 52.0 Å². The Bertz CT molecular complexity index is 802. The van der Waals surface area contributed by atoms with Gasteiger partial charge in [0.15, 0.2) is 29.6 Å². The van der Waals surface area contributed by atoms with E-state index in [1.807, 2.05) is 0 Å². The molecule has 2 aromatic carbocycles. The Balaban J connectivity index is 1.79. The van der Waals surface area contributed by atoms with Crippen LogP contribution in [0.2, 0.25) is 10.0 Å². The van der Waals surface area contributed by atoms with E-state index in [2.05, 4.69) is 0 Å². The molecule has 0 unspecified atom stereocenters. The van der Waals surface area contributed by atoms with Crippen LogP contribution in [0.5, 0.6) is 17.2 Å². The van der Waals surface area contributed by atoms with Gasteiger partial charge >= 0.3 is 5.97 Å². The van der Waals surface area contributed by atoms with Crippen molar-refractivity contribution >= 4 is 35.0 Å². The van der Waals surface area contributed by atoms with Crippen molar-refractivity contribution in [2.75, 3.05) is 26.9 Å². The Labute approximate surface area is 166 Å². The van der Waals surface area contributed by atoms with Crippen LogP contribution in [0.4, 0.5) is 0 Å². The van der Waals surface area contributed by atoms with Gasteiger partial charge in [-0.15, -0.1) is 0 Å². The van der Waals surface area contributed by atoms with Crippen molar-refractivity contribution in [1.29, 1.82) is 0 Å². The lowest BCUT2D eigenvalue weighted by Crippen LogP contribution is -2.18. The number of para-hydroxylation sites is 1. The van der Waals surface area contributed by atoms with Crippen LogP contribution in [0.15, 0.2) is 36.4 Å². The number of benzene rings is 2. The number of ether oxygens (including phenoxy) is 4. The molecule has 0 saturated heterocycles. The predicted molar refractivity (Wildman–Crippen MR) is 101 cm³/mol. The number of carbonyl (C=O) groups is 2. The van der Waals surface area contributed by atoms with Gasteiger partial charge in [0.25, 0.3) is 0 Å². The minimum atomic E-state index is -0.582. The highest BCUT2D eigenvalue weighted by atomic mass is 35.5. The number of hydrogen-bond acceptors (Lipinski definition) is 6. The van der Waals surface area contributed by atoms with Crippen LogP contribution in [-0.4, -0.2) is 38.7 Å². The first-order valence-corrected chi connectivity index (χ1v) is 8.72. The van der Waals surface area contributed by atoms with E-state index in [-0.39, 0.29) is 25.6 Å². The number of hydrogen-bond donors (Lipinski definition) is 0. The molecule has 8 heteroatoms. The fourth-order valence-corrected chi connectivity index (χ4v) is 2.61. The molecule has 0 aliphatic carbocycles. The SMILES string of the molecule is COc1cc(C(C)=O)ccc1OCC(=O)OCCOc1c(Cl)cccc1Cl. The first kappa shape index (κ1) is 20.9. The van der Waals surface area contributed by atoms with E-state index in [1.54, 1.807) is 36.4 Å². The van der Waals surface area contributed by atoms with E-state index in [9.17, 15) is 9.59 Å². The van der Waals surface area contributed by atoms with E-state index in [4.69, 9.17) is 42.1 Å². The lowest BCUT2D eigenvalue weighted by Gasteiger charge is -2.12. The minimum absolute atomic E-state index is 0.00412. The second-order valence-corrected chi connectivity index (χ2v) is 6.14. The zero-order valence-corrected chi connectivity index (χ0v) is 16.3. The minimum Gasteiger partial charge on any atom is -0.493 e. The van der Waals surface area contributed by atoms with Crippen molar-refractivity contribution in [3.8, 4) is 17.2 Å². The summed E-state index contributed by atoms with van der Waals surface area (Å²) in [5.74, 6) is 0.341. The summed E-state index contributed by atoms with van der Waals surface area (Å²) in [6.45, 7) is 1.23. The molecule has 6 nitrogen and oxygen atoms in total. The Kier molecular flexibility index (Phi) is 7.76. The second-order valence-electron chi connectivity index (χ2n) is 5.33. The lowest BCUT2D eigenvalue weighted by atomic mass is 10.1. The quantitative estimate of drug-likeness (QED) is 0.349. The van der Waals surface area contributed by atoms with Gasteiger partial charge in [0.1, 0.15) is 13.2 Å². The highest BCUT2D eigenvalue weighted by molar-refractivity contribution is 6.37. The number of ketones is 1. The van der Waals surface area contributed by atoms with E-state index < -0.39 is 5.97 Å². The predicted octanol–water partition coefficient (Wildman–Crippen LogP) is 4.21. The van der Waals surface area contributed by atoms with Gasteiger partial charge in [-0.3, -0.25) is 4.79 Å². The molecule has 144 valence electrons. The molecule has 0 heterocycles. The summed E-state index contributed by atoms with van der Waals surface area (Å²) < 4.78 is 21.0. The third-order valence-corrected chi connectivity index (χ3v) is 4.02. The molecular formula is C19H18Cl2O6.